The van der Waals surface area contributed by atoms with Gasteiger partial charge in [0, 0.05) is 28.0 Å². The maximum Gasteiger partial charge on any atom is 0.0755 e. The molecule has 3 aliphatic rings. The molecule has 10 aromatic carbocycles. The molecule has 10 aromatic rings. The van der Waals surface area contributed by atoms with Crippen LogP contribution in [0.25, 0.3) is 44.5 Å². The number of rotatable bonds is 9. The molecule has 0 radical (unpaired) electrons. The van der Waals surface area contributed by atoms with E-state index in [1.165, 1.54) is 89.3 Å². The molecule has 2 aliphatic carbocycles. The van der Waals surface area contributed by atoms with E-state index in [1.807, 2.05) is 0 Å². The van der Waals surface area contributed by atoms with Crippen LogP contribution in [0.1, 0.15) is 59.7 Å². The molecule has 0 amide bonds. The number of hydrogen-bond acceptors (Lipinski definition) is 2. The highest BCUT2D eigenvalue weighted by Gasteiger charge is 2.52. The standard InChI is InChI=1S/C71H54N2/c1-48(50-21-8-5-9-22-50)35-45-58-49(2)70(3,4)65-47-57(44-46-59(58)65)72(56-42-40-54(41-43-56)53-38-36-52(37-39-53)51-23-10-6-11-24-51)68-34-20-31-64-69(68)60-27-14-15-28-61(60)71(64)62-29-16-18-32-66(62)73(55-25-12-7-13-26-55)67-33-19-17-30-63(67)71/h5-47H,1H2,2-4H3/b45-35-. The molecule has 0 fully saturated rings. The van der Waals surface area contributed by atoms with Crippen molar-refractivity contribution in [3.63, 3.8) is 0 Å². The van der Waals surface area contributed by atoms with Crippen molar-refractivity contribution in [2.75, 3.05) is 9.80 Å². The second-order valence-electron chi connectivity index (χ2n) is 20.1. The number of nitrogens with zero attached hydrogens (tertiary/aromatic N) is 2. The number of hydrogen-bond donors (Lipinski definition) is 0. The molecule has 0 aromatic heterocycles. The van der Waals surface area contributed by atoms with Crippen LogP contribution < -0.4 is 9.80 Å². The van der Waals surface area contributed by atoms with Crippen molar-refractivity contribution < 1.29 is 0 Å². The summed E-state index contributed by atoms with van der Waals surface area (Å²) in [6, 6.07) is 91.5. The van der Waals surface area contributed by atoms with Crippen molar-refractivity contribution in [3.05, 3.63) is 312 Å². The predicted molar refractivity (Wildman–Crippen MR) is 308 cm³/mol. The molecule has 73 heavy (non-hydrogen) atoms. The van der Waals surface area contributed by atoms with Crippen molar-refractivity contribution in [1.29, 1.82) is 0 Å². The van der Waals surface area contributed by atoms with E-state index in [1.54, 1.807) is 0 Å². The number of anilines is 6. The van der Waals surface area contributed by atoms with Gasteiger partial charge >= 0.3 is 0 Å². The van der Waals surface area contributed by atoms with Crippen LogP contribution in [0.5, 0.6) is 0 Å². The molecule has 348 valence electrons. The minimum absolute atomic E-state index is 0.212. The first kappa shape index (κ1) is 44.0. The first-order valence-corrected chi connectivity index (χ1v) is 25.4. The molecule has 0 atom stereocenters. The minimum atomic E-state index is -0.589. The van der Waals surface area contributed by atoms with Gasteiger partial charge in [0.2, 0.25) is 0 Å². The summed E-state index contributed by atoms with van der Waals surface area (Å²) < 4.78 is 0. The molecule has 1 spiro atoms. The fourth-order valence-electron chi connectivity index (χ4n) is 12.2. The highest BCUT2D eigenvalue weighted by Crippen LogP contribution is 2.65. The maximum atomic E-state index is 4.45. The lowest BCUT2D eigenvalue weighted by molar-refractivity contribution is 0.639. The zero-order valence-electron chi connectivity index (χ0n) is 41.4. The fraction of sp³-hybridized carbons (Fsp3) is 0.0704. The quantitative estimate of drug-likeness (QED) is 0.133. The third-order valence-electron chi connectivity index (χ3n) is 16.0. The summed E-state index contributed by atoms with van der Waals surface area (Å²) >= 11 is 0. The molecular formula is C71H54N2. The number of para-hydroxylation sites is 3. The van der Waals surface area contributed by atoms with Gasteiger partial charge in [-0.15, -0.1) is 0 Å². The Hall–Kier alpha value is -8.98. The van der Waals surface area contributed by atoms with E-state index in [2.05, 4.69) is 298 Å². The Morgan fingerprint density at radius 3 is 1.60 bits per heavy atom. The lowest BCUT2D eigenvalue weighted by Gasteiger charge is -2.45. The average Bonchev–Trinajstić information content (AvgIpc) is 3.85. The van der Waals surface area contributed by atoms with Crippen LogP contribution in [0.4, 0.5) is 34.1 Å². The van der Waals surface area contributed by atoms with Crippen LogP contribution in [0.3, 0.4) is 0 Å². The van der Waals surface area contributed by atoms with Crippen molar-refractivity contribution in [1.82, 2.24) is 0 Å². The second-order valence-corrected chi connectivity index (χ2v) is 20.1. The smallest absolute Gasteiger partial charge is 0.0755 e. The van der Waals surface area contributed by atoms with E-state index in [9.17, 15) is 0 Å². The molecule has 1 heterocycles. The molecule has 0 saturated heterocycles. The molecule has 0 N–H and O–H groups in total. The summed E-state index contributed by atoms with van der Waals surface area (Å²) in [6.45, 7) is 11.5. The Morgan fingerprint density at radius 2 is 0.959 bits per heavy atom. The summed E-state index contributed by atoms with van der Waals surface area (Å²) in [5.74, 6) is 0. The molecule has 0 bridgehead atoms. The van der Waals surface area contributed by atoms with Gasteiger partial charge in [0.25, 0.3) is 0 Å². The number of allylic oxidation sites excluding steroid dienone is 5. The molecule has 13 rings (SSSR count). The van der Waals surface area contributed by atoms with E-state index in [0.29, 0.717) is 0 Å². The number of fused-ring (bicyclic) bond motifs is 10. The Labute approximate surface area is 429 Å². The molecule has 0 unspecified atom stereocenters. The van der Waals surface area contributed by atoms with Gasteiger partial charge in [0.1, 0.15) is 0 Å². The van der Waals surface area contributed by atoms with Crippen LogP contribution >= 0.6 is 0 Å². The molecule has 1 aliphatic heterocycles. The third kappa shape index (κ3) is 6.93. The normalized spacial score (nSPS) is 14.4. The highest BCUT2D eigenvalue weighted by molar-refractivity contribution is 6.02. The summed E-state index contributed by atoms with van der Waals surface area (Å²) in [6.07, 6.45) is 4.46. The second kappa shape index (κ2) is 17.4. The molecule has 2 nitrogen and oxygen atoms in total. The van der Waals surface area contributed by atoms with E-state index < -0.39 is 5.41 Å². The molecule has 2 heteroatoms. The zero-order chi connectivity index (χ0) is 49.3. The topological polar surface area (TPSA) is 6.48 Å². The maximum absolute atomic E-state index is 4.45. The summed E-state index contributed by atoms with van der Waals surface area (Å²) in [5.41, 5.74) is 25.8. The zero-order valence-corrected chi connectivity index (χ0v) is 41.4. The summed E-state index contributed by atoms with van der Waals surface area (Å²) in [7, 11) is 0. The van der Waals surface area contributed by atoms with Gasteiger partial charge in [0.05, 0.1) is 22.5 Å². The highest BCUT2D eigenvalue weighted by atomic mass is 15.2. The molecule has 0 saturated carbocycles. The van der Waals surface area contributed by atoms with Gasteiger partial charge in [-0.3, -0.25) is 0 Å². The predicted octanol–water partition coefficient (Wildman–Crippen LogP) is 19.0. The van der Waals surface area contributed by atoms with E-state index in [0.717, 1.165) is 33.9 Å². The number of benzene rings is 10. The van der Waals surface area contributed by atoms with Crippen LogP contribution in [0, 0.1) is 0 Å². The van der Waals surface area contributed by atoms with Gasteiger partial charge < -0.3 is 9.80 Å². The van der Waals surface area contributed by atoms with Crippen molar-refractivity contribution in [3.8, 4) is 33.4 Å². The monoisotopic (exact) mass is 934 g/mol. The van der Waals surface area contributed by atoms with Crippen molar-refractivity contribution in [2.45, 2.75) is 31.6 Å². The summed E-state index contributed by atoms with van der Waals surface area (Å²) in [5, 5.41) is 0. The SMILES string of the molecule is C=C(/C=C\C1=C(C)C(C)(C)c2cc(N(c3ccc(-c4ccc(-c5ccccc5)cc4)cc3)c3cccc4c3-c3ccccc3C43c4ccccc4N(c4ccccc4)c4ccccc43)ccc21)c1ccccc1. The van der Waals surface area contributed by atoms with Crippen molar-refractivity contribution in [2.24, 2.45) is 0 Å². The van der Waals surface area contributed by atoms with Crippen molar-refractivity contribution >= 4 is 45.3 Å². The largest absolute Gasteiger partial charge is 0.310 e. The molecular weight excluding hydrogens is 881 g/mol. The Kier molecular flexibility index (Phi) is 10.5. The van der Waals surface area contributed by atoms with Crippen LogP contribution in [0.15, 0.2) is 273 Å². The van der Waals surface area contributed by atoms with Crippen LogP contribution in [-0.4, -0.2) is 0 Å². The summed E-state index contributed by atoms with van der Waals surface area (Å²) in [4.78, 5) is 4.97. The van der Waals surface area contributed by atoms with E-state index in [4.69, 9.17) is 0 Å². The van der Waals surface area contributed by atoms with Gasteiger partial charge in [0.15, 0.2) is 0 Å². The van der Waals surface area contributed by atoms with Crippen LogP contribution in [-0.2, 0) is 10.8 Å². The van der Waals surface area contributed by atoms with Gasteiger partial charge in [-0.2, -0.15) is 0 Å². The first-order chi connectivity index (χ1) is 35.8. The average molecular weight is 935 g/mol. The third-order valence-corrected chi connectivity index (χ3v) is 16.0. The minimum Gasteiger partial charge on any atom is -0.310 e. The van der Waals surface area contributed by atoms with Gasteiger partial charge in [-0.25, -0.2) is 0 Å². The van der Waals surface area contributed by atoms with E-state index in [-0.39, 0.29) is 5.41 Å². The van der Waals surface area contributed by atoms with E-state index >= 15 is 0 Å². The Morgan fingerprint density at radius 1 is 0.452 bits per heavy atom. The van der Waals surface area contributed by atoms with Gasteiger partial charge in [-0.1, -0.05) is 232 Å². The Bertz CT molecular complexity index is 3770. The van der Waals surface area contributed by atoms with Crippen LogP contribution in [0.2, 0.25) is 0 Å². The first-order valence-electron chi connectivity index (χ1n) is 25.4. The Balaban J connectivity index is 1.000. The van der Waals surface area contributed by atoms with Gasteiger partial charge in [-0.05, 0) is 139 Å². The fourth-order valence-corrected chi connectivity index (χ4v) is 12.2. The lowest BCUT2D eigenvalue weighted by atomic mass is 9.64. The lowest BCUT2D eigenvalue weighted by Crippen LogP contribution is -2.36.